The van der Waals surface area contributed by atoms with Gasteiger partial charge in [-0.15, -0.1) is 0 Å². The maximum absolute atomic E-state index is 5.83. The highest BCUT2D eigenvalue weighted by molar-refractivity contribution is 5.80. The number of aryl methyl sites for hydroxylation is 1. The Morgan fingerprint density at radius 1 is 1.28 bits per heavy atom. The van der Waals surface area contributed by atoms with E-state index >= 15 is 0 Å². The Kier molecular flexibility index (Phi) is 2.21. The summed E-state index contributed by atoms with van der Waals surface area (Å²) in [6, 6.07) is 2.22. The van der Waals surface area contributed by atoms with Gasteiger partial charge in [-0.05, 0) is 44.2 Å². The Morgan fingerprint density at radius 3 is 2.89 bits per heavy atom. The molecule has 2 aromatic rings. The molecule has 94 valence electrons. The van der Waals surface area contributed by atoms with Crippen LogP contribution in [0.5, 0.6) is 0 Å². The Morgan fingerprint density at radius 2 is 2.17 bits per heavy atom. The number of ether oxygens (including phenoxy) is 1. The smallest absolute Gasteiger partial charge is 0.258 e. The predicted octanol–water partition coefficient (Wildman–Crippen LogP) is 3.26. The van der Waals surface area contributed by atoms with Crippen molar-refractivity contribution >= 4 is 11.1 Å². The molecule has 2 fully saturated rings. The molecule has 0 amide bonds. The first kappa shape index (κ1) is 10.5. The quantitative estimate of drug-likeness (QED) is 0.813. The maximum atomic E-state index is 5.83. The zero-order valence-corrected chi connectivity index (χ0v) is 10.5. The maximum Gasteiger partial charge on any atom is 0.258 e. The summed E-state index contributed by atoms with van der Waals surface area (Å²) in [4.78, 5) is 4.61. The van der Waals surface area contributed by atoms with Crippen LogP contribution in [0.4, 0.5) is 0 Å². The lowest BCUT2D eigenvalue weighted by molar-refractivity contribution is 0.113. The molecule has 2 aliphatic rings. The van der Waals surface area contributed by atoms with Gasteiger partial charge in [0, 0.05) is 18.2 Å². The first-order valence-corrected chi connectivity index (χ1v) is 6.71. The minimum atomic E-state index is 0.200. The second-order valence-corrected chi connectivity index (χ2v) is 5.36. The molecule has 1 aliphatic heterocycles. The van der Waals surface area contributed by atoms with Gasteiger partial charge in [0.05, 0.1) is 17.2 Å². The molecule has 4 rings (SSSR count). The molecule has 4 nitrogen and oxygen atoms in total. The normalized spacial score (nSPS) is 23.9. The average molecular weight is 244 g/mol. The summed E-state index contributed by atoms with van der Waals surface area (Å²) in [5.74, 6) is 0.625. The van der Waals surface area contributed by atoms with Crippen molar-refractivity contribution in [3.63, 3.8) is 0 Å². The summed E-state index contributed by atoms with van der Waals surface area (Å²) in [7, 11) is 0. The third kappa shape index (κ3) is 1.56. The Balaban J connectivity index is 1.92. The summed E-state index contributed by atoms with van der Waals surface area (Å²) in [5, 5.41) is 5.12. The van der Waals surface area contributed by atoms with Gasteiger partial charge in [0.15, 0.2) is 0 Å². The van der Waals surface area contributed by atoms with Gasteiger partial charge in [0.25, 0.3) is 5.71 Å². The van der Waals surface area contributed by atoms with E-state index in [1.54, 1.807) is 0 Å². The molecule has 1 atom stereocenters. The number of hydrogen-bond acceptors (Lipinski definition) is 4. The van der Waals surface area contributed by atoms with E-state index in [0.29, 0.717) is 11.6 Å². The minimum absolute atomic E-state index is 0.200. The van der Waals surface area contributed by atoms with Crippen molar-refractivity contribution in [2.45, 2.75) is 44.6 Å². The number of aromatic nitrogens is 2. The molecular formula is C14H16N2O2. The van der Waals surface area contributed by atoms with Gasteiger partial charge in [-0.2, -0.15) is 0 Å². The Bertz CT molecular complexity index is 595. The van der Waals surface area contributed by atoms with Gasteiger partial charge in [-0.3, -0.25) is 0 Å². The lowest BCUT2D eigenvalue weighted by Gasteiger charge is -2.12. The van der Waals surface area contributed by atoms with E-state index in [9.17, 15) is 0 Å². The van der Waals surface area contributed by atoms with E-state index in [2.05, 4.69) is 16.2 Å². The molecule has 0 radical (unpaired) electrons. The summed E-state index contributed by atoms with van der Waals surface area (Å²) < 4.78 is 11.2. The first-order valence-electron chi connectivity index (χ1n) is 6.71. The zero-order chi connectivity index (χ0) is 12.1. The molecule has 0 spiro atoms. The number of rotatable bonds is 2. The van der Waals surface area contributed by atoms with Gasteiger partial charge in [0.1, 0.15) is 0 Å². The van der Waals surface area contributed by atoms with Gasteiger partial charge < -0.3 is 9.26 Å². The van der Waals surface area contributed by atoms with E-state index in [4.69, 9.17) is 9.26 Å². The molecule has 4 heteroatoms. The van der Waals surface area contributed by atoms with Crippen LogP contribution < -0.4 is 0 Å². The van der Waals surface area contributed by atoms with Crippen molar-refractivity contribution in [2.75, 3.05) is 6.61 Å². The van der Waals surface area contributed by atoms with E-state index in [1.807, 2.05) is 6.92 Å². The standard InChI is InChI=1S/C14H16N2O2/c1-8-13-10(12-3-2-6-17-12)7-11(9-4-5-9)15-14(13)18-16-8/h7,9,12H,2-6H2,1H3. The second-order valence-electron chi connectivity index (χ2n) is 5.36. The van der Waals surface area contributed by atoms with Crippen LogP contribution in [0.1, 0.15) is 54.7 Å². The molecule has 3 heterocycles. The van der Waals surface area contributed by atoms with Gasteiger partial charge in [-0.25, -0.2) is 4.98 Å². The van der Waals surface area contributed by atoms with E-state index in [0.717, 1.165) is 36.2 Å². The molecule has 1 aliphatic carbocycles. The van der Waals surface area contributed by atoms with Crippen LogP contribution in [0, 0.1) is 6.92 Å². The highest BCUT2D eigenvalue weighted by Crippen LogP contribution is 2.42. The molecule has 0 aromatic carbocycles. The van der Waals surface area contributed by atoms with Gasteiger partial charge in [-0.1, -0.05) is 5.16 Å². The highest BCUT2D eigenvalue weighted by Gasteiger charge is 2.30. The largest absolute Gasteiger partial charge is 0.373 e. The van der Waals surface area contributed by atoms with E-state index < -0.39 is 0 Å². The van der Waals surface area contributed by atoms with Crippen LogP contribution in [0.25, 0.3) is 11.1 Å². The van der Waals surface area contributed by atoms with Crippen molar-refractivity contribution in [1.29, 1.82) is 0 Å². The van der Waals surface area contributed by atoms with Crippen LogP contribution in [0.2, 0.25) is 0 Å². The van der Waals surface area contributed by atoms with Crippen molar-refractivity contribution in [1.82, 2.24) is 10.1 Å². The van der Waals surface area contributed by atoms with Crippen molar-refractivity contribution < 1.29 is 9.26 Å². The van der Waals surface area contributed by atoms with Gasteiger partial charge in [0.2, 0.25) is 0 Å². The monoisotopic (exact) mass is 244 g/mol. The number of nitrogens with zero attached hydrogens (tertiary/aromatic N) is 2. The van der Waals surface area contributed by atoms with Crippen LogP contribution >= 0.6 is 0 Å². The molecule has 0 N–H and O–H groups in total. The third-order valence-electron chi connectivity index (χ3n) is 3.94. The average Bonchev–Trinajstić information content (AvgIpc) is 2.96. The fraction of sp³-hybridized carbons (Fsp3) is 0.571. The molecule has 0 bridgehead atoms. The van der Waals surface area contributed by atoms with Crippen LogP contribution in [-0.4, -0.2) is 16.7 Å². The first-order chi connectivity index (χ1) is 8.83. The molecule has 1 saturated carbocycles. The lowest BCUT2D eigenvalue weighted by Crippen LogP contribution is -2.00. The topological polar surface area (TPSA) is 48.2 Å². The van der Waals surface area contributed by atoms with Gasteiger partial charge >= 0.3 is 0 Å². The van der Waals surface area contributed by atoms with Crippen LogP contribution in [0.3, 0.4) is 0 Å². The summed E-state index contributed by atoms with van der Waals surface area (Å²) >= 11 is 0. The summed E-state index contributed by atoms with van der Waals surface area (Å²) in [6.45, 7) is 2.83. The van der Waals surface area contributed by atoms with Crippen molar-refractivity contribution in [3.05, 3.63) is 23.0 Å². The molecular weight excluding hydrogens is 228 g/mol. The number of fused-ring (bicyclic) bond motifs is 1. The van der Waals surface area contributed by atoms with Crippen molar-refractivity contribution in [3.8, 4) is 0 Å². The zero-order valence-electron chi connectivity index (χ0n) is 10.5. The molecule has 1 saturated heterocycles. The molecule has 18 heavy (non-hydrogen) atoms. The molecule has 2 aromatic heterocycles. The van der Waals surface area contributed by atoms with Crippen molar-refractivity contribution in [2.24, 2.45) is 0 Å². The Labute approximate surface area is 105 Å². The molecule has 1 unspecified atom stereocenters. The lowest BCUT2D eigenvalue weighted by atomic mass is 10.0. The summed E-state index contributed by atoms with van der Waals surface area (Å²) in [6.07, 6.45) is 4.92. The fourth-order valence-corrected chi connectivity index (χ4v) is 2.81. The minimum Gasteiger partial charge on any atom is -0.373 e. The fourth-order valence-electron chi connectivity index (χ4n) is 2.81. The Hall–Kier alpha value is -1.42. The SMILES string of the molecule is Cc1noc2nc(C3CC3)cc(C3CCCO3)c12. The van der Waals surface area contributed by atoms with E-state index in [1.165, 1.54) is 18.4 Å². The number of hydrogen-bond donors (Lipinski definition) is 0. The highest BCUT2D eigenvalue weighted by atomic mass is 16.5. The van der Waals surface area contributed by atoms with Crippen LogP contribution in [0.15, 0.2) is 10.6 Å². The van der Waals surface area contributed by atoms with E-state index in [-0.39, 0.29) is 6.10 Å². The van der Waals surface area contributed by atoms with Crippen LogP contribution in [-0.2, 0) is 4.74 Å². The number of pyridine rings is 1. The third-order valence-corrected chi connectivity index (χ3v) is 3.94. The predicted molar refractivity (Wildman–Crippen MR) is 66.4 cm³/mol. The second kappa shape index (κ2) is 3.79. The summed E-state index contributed by atoms with van der Waals surface area (Å²) in [5.41, 5.74) is 4.00.